The maximum Gasteiger partial charge on any atom is 0.472 e. The lowest BCUT2D eigenvalue weighted by Gasteiger charge is -2.20. The van der Waals surface area contributed by atoms with Gasteiger partial charge in [-0.3, -0.25) is 18.6 Å². The largest absolute Gasteiger partial charge is 0.472 e. The molecule has 3 atom stereocenters. The number of esters is 2. The van der Waals surface area contributed by atoms with E-state index in [4.69, 9.17) is 19.1 Å². The van der Waals surface area contributed by atoms with E-state index in [1.807, 2.05) is 12.2 Å². The first kappa shape index (κ1) is 55.6. The van der Waals surface area contributed by atoms with Gasteiger partial charge in [0.25, 0.3) is 0 Å². The maximum absolute atomic E-state index is 12.6. The van der Waals surface area contributed by atoms with Crippen molar-refractivity contribution in [3.05, 3.63) is 109 Å². The van der Waals surface area contributed by atoms with Crippen molar-refractivity contribution < 1.29 is 47.8 Å². The first-order valence-electron chi connectivity index (χ1n) is 21.8. The Morgan fingerprint density at radius 3 is 1.42 bits per heavy atom. The normalized spacial score (nSPS) is 14.9. The van der Waals surface area contributed by atoms with Gasteiger partial charge in [-0.15, -0.1) is 0 Å². The van der Waals surface area contributed by atoms with Gasteiger partial charge in [-0.1, -0.05) is 142 Å². The molecule has 0 radical (unpaired) electrons. The van der Waals surface area contributed by atoms with Crippen LogP contribution in [0.25, 0.3) is 0 Å². The van der Waals surface area contributed by atoms with Crippen LogP contribution in [0.5, 0.6) is 0 Å². The lowest BCUT2D eigenvalue weighted by Crippen LogP contribution is -2.29. The van der Waals surface area contributed by atoms with E-state index in [1.54, 1.807) is 0 Å². The lowest BCUT2D eigenvalue weighted by atomic mass is 10.1. The van der Waals surface area contributed by atoms with E-state index in [0.29, 0.717) is 19.3 Å². The fourth-order valence-corrected chi connectivity index (χ4v) is 5.86. The van der Waals surface area contributed by atoms with Crippen molar-refractivity contribution in [2.75, 3.05) is 26.4 Å². The topological polar surface area (TPSA) is 149 Å². The number of hydrogen-bond donors (Lipinski definition) is 3. The number of allylic oxidation sites excluding steroid dienone is 18. The molecule has 0 saturated carbocycles. The summed E-state index contributed by atoms with van der Waals surface area (Å²) < 4.78 is 32.6. The van der Waals surface area contributed by atoms with E-state index in [-0.39, 0.29) is 19.4 Å². The summed E-state index contributed by atoms with van der Waals surface area (Å²) >= 11 is 0. The number of aliphatic hydroxyl groups is 2. The fraction of sp³-hybridized carbons (Fsp3) is 0.583. The van der Waals surface area contributed by atoms with Crippen molar-refractivity contribution in [3.63, 3.8) is 0 Å². The highest BCUT2D eigenvalue weighted by molar-refractivity contribution is 7.47. The average Bonchev–Trinajstić information content (AvgIpc) is 3.22. The number of carbonyl (C=O) groups excluding carboxylic acids is 2. The second kappa shape index (κ2) is 42.7. The zero-order valence-electron chi connectivity index (χ0n) is 36.2. The van der Waals surface area contributed by atoms with Gasteiger partial charge >= 0.3 is 19.8 Å². The molecule has 0 heterocycles. The molecule has 11 heteroatoms. The predicted molar refractivity (Wildman–Crippen MR) is 242 cm³/mol. The van der Waals surface area contributed by atoms with Crippen LogP contribution in [0.1, 0.15) is 142 Å². The molecule has 59 heavy (non-hydrogen) atoms. The first-order valence-corrected chi connectivity index (χ1v) is 23.3. The van der Waals surface area contributed by atoms with E-state index in [2.05, 4.69) is 116 Å². The summed E-state index contributed by atoms with van der Waals surface area (Å²) in [6.45, 7) is 2.11. The third-order valence-corrected chi connectivity index (χ3v) is 9.36. The number of rotatable bonds is 39. The van der Waals surface area contributed by atoms with Crippen LogP contribution in [0.2, 0.25) is 0 Å². The highest BCUT2D eigenvalue weighted by Gasteiger charge is 2.27. The van der Waals surface area contributed by atoms with Crippen LogP contribution in [-0.4, -0.2) is 65.7 Å². The fourth-order valence-electron chi connectivity index (χ4n) is 5.07. The molecule has 334 valence electrons. The van der Waals surface area contributed by atoms with Crippen LogP contribution >= 0.6 is 7.82 Å². The maximum atomic E-state index is 12.6. The summed E-state index contributed by atoms with van der Waals surface area (Å²) in [5, 5.41) is 18.3. The van der Waals surface area contributed by atoms with Gasteiger partial charge in [-0.05, 0) is 96.3 Å². The third-order valence-electron chi connectivity index (χ3n) is 8.41. The van der Waals surface area contributed by atoms with Crippen molar-refractivity contribution in [2.45, 2.75) is 154 Å². The van der Waals surface area contributed by atoms with Gasteiger partial charge in [0.2, 0.25) is 0 Å². The van der Waals surface area contributed by atoms with Crippen molar-refractivity contribution in [3.8, 4) is 0 Å². The summed E-state index contributed by atoms with van der Waals surface area (Å²) in [7, 11) is -4.65. The number of unbranched alkanes of at least 4 members (excludes halogenated alkanes) is 7. The lowest BCUT2D eigenvalue weighted by molar-refractivity contribution is -0.161. The highest BCUT2D eigenvalue weighted by Crippen LogP contribution is 2.43. The van der Waals surface area contributed by atoms with Crippen LogP contribution in [0.3, 0.4) is 0 Å². The number of ether oxygens (including phenoxy) is 2. The minimum Gasteiger partial charge on any atom is -0.462 e. The quantitative estimate of drug-likeness (QED) is 0.0236. The van der Waals surface area contributed by atoms with Crippen LogP contribution in [0, 0.1) is 0 Å². The van der Waals surface area contributed by atoms with Crippen molar-refractivity contribution in [2.24, 2.45) is 0 Å². The Balaban J connectivity index is 4.48. The van der Waals surface area contributed by atoms with E-state index < -0.39 is 51.8 Å². The third kappa shape index (κ3) is 42.6. The van der Waals surface area contributed by atoms with Crippen molar-refractivity contribution >= 4 is 19.8 Å². The van der Waals surface area contributed by atoms with Gasteiger partial charge in [0, 0.05) is 12.8 Å². The van der Waals surface area contributed by atoms with Gasteiger partial charge in [0.1, 0.15) is 12.7 Å². The Morgan fingerprint density at radius 1 is 0.525 bits per heavy atom. The SMILES string of the molecule is CC/C=C/C/C=C/C/C=C/C/C=C/C/C=C/CCCC(=O)O[C@H](COC(=O)CCCCC/C=C/C/C=C/C/C=C/C/C=C/CCCCC)COP(=O)(O)OC[C@@H](O)CO. The minimum absolute atomic E-state index is 0.0914. The molecule has 10 nitrogen and oxygen atoms in total. The van der Waals surface area contributed by atoms with Crippen LogP contribution in [0.4, 0.5) is 0 Å². The minimum atomic E-state index is -4.65. The van der Waals surface area contributed by atoms with Gasteiger partial charge in [-0.2, -0.15) is 0 Å². The Bertz CT molecular complexity index is 1340. The number of phosphoric ester groups is 1. The molecule has 3 N–H and O–H groups in total. The monoisotopic (exact) mass is 845 g/mol. The summed E-state index contributed by atoms with van der Waals surface area (Å²) in [4.78, 5) is 35.0. The number of phosphoric acid groups is 1. The molecular formula is C48H77O10P. The summed E-state index contributed by atoms with van der Waals surface area (Å²) in [5.74, 6) is -1.04. The standard InChI is InChI=1S/C48H77O10P/c1-3-5-7-9-11-13-15-17-19-21-22-24-25-27-29-31-33-35-37-39-47(51)55-43-46(44-57-59(53,54)56-42-45(50)41-49)58-48(52)40-38-36-34-32-30-28-26-23-20-18-16-14-12-10-8-6-4-2/h6,8,11-14,17-20,22,24,26-29,32,34,45-46,49-50H,3-5,7,9-10,15-16,21,23,25,30-31,33,35-44H2,1-2H3,(H,53,54)/b8-6+,13-11+,14-12+,19-17+,20-18+,24-22+,28-26+,29-27+,34-32+/t45-,46+/m0/s1. The summed E-state index contributed by atoms with van der Waals surface area (Å²) in [5.41, 5.74) is 0. The molecule has 0 rings (SSSR count). The molecule has 1 unspecified atom stereocenters. The van der Waals surface area contributed by atoms with Crippen LogP contribution < -0.4 is 0 Å². The van der Waals surface area contributed by atoms with E-state index in [9.17, 15) is 24.2 Å². The molecule has 0 aliphatic rings. The Morgan fingerprint density at radius 2 is 0.949 bits per heavy atom. The molecule has 0 aromatic rings. The van der Waals surface area contributed by atoms with E-state index in [0.717, 1.165) is 70.6 Å². The van der Waals surface area contributed by atoms with Crippen molar-refractivity contribution in [1.82, 2.24) is 0 Å². The van der Waals surface area contributed by atoms with E-state index in [1.165, 1.54) is 25.7 Å². The van der Waals surface area contributed by atoms with Gasteiger partial charge in [0.15, 0.2) is 6.10 Å². The number of carbonyl (C=O) groups is 2. The summed E-state index contributed by atoms with van der Waals surface area (Å²) in [6.07, 6.45) is 53.5. The molecule has 0 aromatic heterocycles. The molecule has 0 saturated heterocycles. The van der Waals surface area contributed by atoms with Crippen molar-refractivity contribution in [1.29, 1.82) is 0 Å². The Labute approximate surface area is 356 Å². The Kier molecular flexibility index (Phi) is 40.3. The predicted octanol–water partition coefficient (Wildman–Crippen LogP) is 11.8. The smallest absolute Gasteiger partial charge is 0.462 e. The molecule has 0 amide bonds. The molecule has 0 spiro atoms. The zero-order chi connectivity index (χ0) is 43.3. The van der Waals surface area contributed by atoms with Crippen LogP contribution in [0.15, 0.2) is 109 Å². The molecule has 0 fully saturated rings. The van der Waals surface area contributed by atoms with Gasteiger partial charge in [-0.25, -0.2) is 4.57 Å². The molecule has 0 aliphatic carbocycles. The Hall–Kier alpha value is -3.37. The second-order valence-electron chi connectivity index (χ2n) is 14.0. The molecule has 0 aliphatic heterocycles. The number of aliphatic hydroxyl groups excluding tert-OH is 2. The highest BCUT2D eigenvalue weighted by atomic mass is 31.2. The van der Waals surface area contributed by atoms with Crippen LogP contribution in [-0.2, 0) is 32.7 Å². The van der Waals surface area contributed by atoms with Gasteiger partial charge < -0.3 is 24.6 Å². The second-order valence-corrected chi connectivity index (χ2v) is 15.4. The van der Waals surface area contributed by atoms with Gasteiger partial charge in [0.05, 0.1) is 19.8 Å². The summed E-state index contributed by atoms with van der Waals surface area (Å²) in [6, 6.07) is 0. The average molecular weight is 845 g/mol. The molecular weight excluding hydrogens is 767 g/mol. The van der Waals surface area contributed by atoms with E-state index >= 15 is 0 Å². The number of hydrogen-bond acceptors (Lipinski definition) is 9. The molecule has 0 aromatic carbocycles. The zero-order valence-corrected chi connectivity index (χ0v) is 37.1. The molecule has 0 bridgehead atoms. The first-order chi connectivity index (χ1) is 28.7.